The zero-order valence-electron chi connectivity index (χ0n) is 9.47. The summed E-state index contributed by atoms with van der Waals surface area (Å²) in [5, 5.41) is 0. The second kappa shape index (κ2) is 6.10. The fourth-order valence-electron chi connectivity index (χ4n) is 1.44. The van der Waals surface area contributed by atoms with Crippen LogP contribution in [-0.4, -0.2) is 24.2 Å². The molecule has 6 heteroatoms. The van der Waals surface area contributed by atoms with Crippen molar-refractivity contribution in [2.24, 2.45) is 0 Å². The summed E-state index contributed by atoms with van der Waals surface area (Å²) in [5.74, 6) is 0.637. The third-order valence-electron chi connectivity index (χ3n) is 2.15. The van der Waals surface area contributed by atoms with E-state index in [1.165, 1.54) is 11.1 Å². The minimum atomic E-state index is -4.22. The Labute approximate surface area is 103 Å². The molecule has 1 aromatic heterocycles. The van der Waals surface area contributed by atoms with Gasteiger partial charge < -0.3 is 4.90 Å². The zero-order valence-corrected chi connectivity index (χ0v) is 10.2. The first-order valence-corrected chi connectivity index (χ1v) is 5.82. The van der Waals surface area contributed by atoms with E-state index in [0.717, 1.165) is 5.56 Å². The largest absolute Gasteiger partial charge is 0.405 e. The fraction of sp³-hybridized carbons (Fsp3) is 0.545. The molecule has 0 radical (unpaired) electrons. The van der Waals surface area contributed by atoms with Gasteiger partial charge in [0.15, 0.2) is 0 Å². The van der Waals surface area contributed by atoms with E-state index in [9.17, 15) is 13.2 Å². The van der Waals surface area contributed by atoms with Crippen molar-refractivity contribution in [1.82, 2.24) is 4.98 Å². The molecule has 0 aromatic carbocycles. The predicted molar refractivity (Wildman–Crippen MR) is 62.4 cm³/mol. The van der Waals surface area contributed by atoms with Crippen LogP contribution in [0.4, 0.5) is 19.0 Å². The monoisotopic (exact) mass is 266 g/mol. The maximum Gasteiger partial charge on any atom is 0.405 e. The molecule has 0 aliphatic carbocycles. The Kier molecular flexibility index (Phi) is 5.05. The van der Waals surface area contributed by atoms with Crippen LogP contribution in [0.25, 0.3) is 0 Å². The van der Waals surface area contributed by atoms with Gasteiger partial charge in [0.05, 0.1) is 0 Å². The van der Waals surface area contributed by atoms with E-state index in [2.05, 4.69) is 4.98 Å². The maximum atomic E-state index is 12.4. The van der Waals surface area contributed by atoms with E-state index in [1.54, 1.807) is 12.1 Å². The van der Waals surface area contributed by atoms with Gasteiger partial charge in [0.1, 0.15) is 12.4 Å². The van der Waals surface area contributed by atoms with Crippen LogP contribution in [0.5, 0.6) is 0 Å². The summed E-state index contributed by atoms with van der Waals surface area (Å²) in [7, 11) is 0. The van der Waals surface area contributed by atoms with Crippen LogP contribution >= 0.6 is 11.6 Å². The lowest BCUT2D eigenvalue weighted by Crippen LogP contribution is -2.35. The van der Waals surface area contributed by atoms with E-state index < -0.39 is 12.7 Å². The van der Waals surface area contributed by atoms with Crippen molar-refractivity contribution in [3.8, 4) is 0 Å². The predicted octanol–water partition coefficient (Wildman–Crippen LogP) is 3.60. The third-order valence-corrected chi connectivity index (χ3v) is 2.46. The van der Waals surface area contributed by atoms with E-state index >= 15 is 0 Å². The summed E-state index contributed by atoms with van der Waals surface area (Å²) >= 11 is 5.59. The van der Waals surface area contributed by atoms with E-state index in [1.807, 2.05) is 6.92 Å². The molecule has 0 saturated heterocycles. The molecule has 17 heavy (non-hydrogen) atoms. The maximum absolute atomic E-state index is 12.4. The van der Waals surface area contributed by atoms with Gasteiger partial charge in [-0.25, -0.2) is 4.98 Å². The molecule has 1 heterocycles. The quantitative estimate of drug-likeness (QED) is 0.757. The molecule has 1 rings (SSSR count). The number of pyridine rings is 1. The van der Waals surface area contributed by atoms with Gasteiger partial charge in [-0.1, -0.05) is 13.0 Å². The molecular formula is C11H14ClF3N2. The highest BCUT2D eigenvalue weighted by atomic mass is 35.5. The van der Waals surface area contributed by atoms with Crippen molar-refractivity contribution in [3.05, 3.63) is 23.9 Å². The molecule has 0 spiro atoms. The number of nitrogens with zero attached hydrogens (tertiary/aromatic N) is 2. The number of halogens is 4. The van der Waals surface area contributed by atoms with Gasteiger partial charge in [-0.05, 0) is 18.1 Å². The van der Waals surface area contributed by atoms with Crippen molar-refractivity contribution in [1.29, 1.82) is 0 Å². The molecule has 2 nitrogen and oxygen atoms in total. The molecule has 0 atom stereocenters. The van der Waals surface area contributed by atoms with Gasteiger partial charge in [-0.2, -0.15) is 13.2 Å². The lowest BCUT2D eigenvalue weighted by molar-refractivity contribution is -0.119. The Bertz CT molecular complexity index is 338. The molecular weight excluding hydrogens is 253 g/mol. The average Bonchev–Trinajstić information content (AvgIpc) is 2.27. The van der Waals surface area contributed by atoms with Crippen LogP contribution in [0.1, 0.15) is 18.9 Å². The number of anilines is 1. The fourth-order valence-corrected chi connectivity index (χ4v) is 1.60. The third kappa shape index (κ3) is 4.81. The van der Waals surface area contributed by atoms with Gasteiger partial charge in [0.2, 0.25) is 0 Å². The van der Waals surface area contributed by atoms with Crippen LogP contribution < -0.4 is 4.90 Å². The number of aromatic nitrogens is 1. The van der Waals surface area contributed by atoms with Crippen LogP contribution in [0.3, 0.4) is 0 Å². The van der Waals surface area contributed by atoms with Crippen molar-refractivity contribution >= 4 is 17.4 Å². The molecule has 96 valence electrons. The number of alkyl halides is 4. The van der Waals surface area contributed by atoms with Crippen molar-refractivity contribution < 1.29 is 13.2 Å². The van der Waals surface area contributed by atoms with E-state index in [4.69, 9.17) is 11.6 Å². The highest BCUT2D eigenvalue weighted by Crippen LogP contribution is 2.21. The minimum Gasteiger partial charge on any atom is -0.348 e. The lowest BCUT2D eigenvalue weighted by atomic mass is 10.3. The van der Waals surface area contributed by atoms with Gasteiger partial charge >= 0.3 is 6.18 Å². The van der Waals surface area contributed by atoms with Crippen molar-refractivity contribution in [2.45, 2.75) is 25.4 Å². The molecule has 0 aliphatic rings. The molecule has 0 aliphatic heterocycles. The summed E-state index contributed by atoms with van der Waals surface area (Å²) in [6, 6.07) is 3.26. The number of hydrogen-bond donors (Lipinski definition) is 0. The summed E-state index contributed by atoms with van der Waals surface area (Å²) in [6.45, 7) is 1.18. The van der Waals surface area contributed by atoms with Crippen molar-refractivity contribution in [3.63, 3.8) is 0 Å². The normalized spacial score (nSPS) is 11.6. The Balaban J connectivity index is 2.81. The molecule has 0 bridgehead atoms. The first-order chi connectivity index (χ1) is 7.96. The number of rotatable bonds is 5. The van der Waals surface area contributed by atoms with Crippen LogP contribution in [0, 0.1) is 0 Å². The SMILES string of the molecule is CCCN(CC(F)(F)F)c1ccc(CCl)cn1. The smallest absolute Gasteiger partial charge is 0.348 e. The van der Waals surface area contributed by atoms with Crippen LogP contribution in [0.2, 0.25) is 0 Å². The molecule has 0 amide bonds. The molecule has 0 fully saturated rings. The second-order valence-corrected chi connectivity index (χ2v) is 3.96. The number of hydrogen-bond acceptors (Lipinski definition) is 2. The highest BCUT2D eigenvalue weighted by Gasteiger charge is 2.30. The minimum absolute atomic E-state index is 0.306. The molecule has 0 N–H and O–H groups in total. The summed E-state index contributed by atoms with van der Waals surface area (Å²) in [6.07, 6.45) is -2.08. The average molecular weight is 267 g/mol. The van der Waals surface area contributed by atoms with Crippen LogP contribution in [-0.2, 0) is 5.88 Å². The van der Waals surface area contributed by atoms with Gasteiger partial charge in [-0.15, -0.1) is 11.6 Å². The lowest BCUT2D eigenvalue weighted by Gasteiger charge is -2.24. The Morgan fingerprint density at radius 2 is 2.06 bits per heavy atom. The highest BCUT2D eigenvalue weighted by molar-refractivity contribution is 6.17. The van der Waals surface area contributed by atoms with Gasteiger partial charge in [-0.3, -0.25) is 0 Å². The Hall–Kier alpha value is -0.970. The van der Waals surface area contributed by atoms with E-state index in [-0.39, 0.29) is 0 Å². The van der Waals surface area contributed by atoms with Gasteiger partial charge in [0.25, 0.3) is 0 Å². The standard InChI is InChI=1S/C11H14ClF3N2/c1-2-5-17(8-11(13,14)15)10-4-3-9(6-12)7-16-10/h3-4,7H,2,5-6,8H2,1H3. The molecule has 0 unspecified atom stereocenters. The zero-order chi connectivity index (χ0) is 12.9. The first kappa shape index (κ1) is 14.1. The molecule has 1 aromatic rings. The van der Waals surface area contributed by atoms with Crippen molar-refractivity contribution in [2.75, 3.05) is 18.0 Å². The van der Waals surface area contributed by atoms with Crippen LogP contribution in [0.15, 0.2) is 18.3 Å². The topological polar surface area (TPSA) is 16.1 Å². The molecule has 0 saturated carbocycles. The Morgan fingerprint density at radius 1 is 1.35 bits per heavy atom. The summed E-state index contributed by atoms with van der Waals surface area (Å²) in [5.41, 5.74) is 0.791. The summed E-state index contributed by atoms with van der Waals surface area (Å²) < 4.78 is 37.1. The first-order valence-electron chi connectivity index (χ1n) is 5.29. The summed E-state index contributed by atoms with van der Waals surface area (Å²) in [4.78, 5) is 5.21. The van der Waals surface area contributed by atoms with E-state index in [0.29, 0.717) is 24.7 Å². The second-order valence-electron chi connectivity index (χ2n) is 3.70. The Morgan fingerprint density at radius 3 is 2.47 bits per heavy atom. The van der Waals surface area contributed by atoms with Gasteiger partial charge in [0, 0.05) is 18.6 Å².